The summed E-state index contributed by atoms with van der Waals surface area (Å²) in [5, 5.41) is 2.63. The maximum Gasteiger partial charge on any atom is 0.416 e. The van der Waals surface area contributed by atoms with Crippen LogP contribution in [0.5, 0.6) is 0 Å². The molecule has 1 amide bonds. The summed E-state index contributed by atoms with van der Waals surface area (Å²) >= 11 is 0. The fourth-order valence-corrected chi connectivity index (χ4v) is 3.92. The first-order valence-electron chi connectivity index (χ1n) is 9.70. The predicted molar refractivity (Wildman–Crippen MR) is 107 cm³/mol. The van der Waals surface area contributed by atoms with Crippen LogP contribution in [0.1, 0.15) is 24.4 Å². The Morgan fingerprint density at radius 1 is 1.07 bits per heavy atom. The maximum atomic E-state index is 12.6. The molecule has 3 aromatic rings. The Labute approximate surface area is 170 Å². The van der Waals surface area contributed by atoms with Gasteiger partial charge in [0.1, 0.15) is 0 Å². The van der Waals surface area contributed by atoms with Gasteiger partial charge in [0.15, 0.2) is 0 Å². The van der Waals surface area contributed by atoms with Crippen molar-refractivity contribution in [2.24, 2.45) is 0 Å². The number of piperidine rings is 1. The van der Waals surface area contributed by atoms with Gasteiger partial charge in [0.25, 0.3) is 0 Å². The quantitative estimate of drug-likeness (QED) is 0.680. The SMILES string of the molecule is O=C(CN1CCC(n2c(=O)[nH]c3ccccc32)CC1)Nc1ccc(C(F)(F)F)cc1. The van der Waals surface area contributed by atoms with Crippen LogP contribution < -0.4 is 11.0 Å². The molecule has 1 fully saturated rings. The average molecular weight is 418 g/mol. The molecule has 1 aromatic heterocycles. The first-order valence-corrected chi connectivity index (χ1v) is 9.70. The lowest BCUT2D eigenvalue weighted by atomic mass is 10.0. The minimum atomic E-state index is -4.40. The smallest absolute Gasteiger partial charge is 0.325 e. The monoisotopic (exact) mass is 418 g/mol. The lowest BCUT2D eigenvalue weighted by molar-refractivity contribution is -0.137. The number of carbonyl (C=O) groups excluding carboxylic acids is 1. The van der Waals surface area contributed by atoms with Gasteiger partial charge in [-0.05, 0) is 49.2 Å². The van der Waals surface area contributed by atoms with Crippen LogP contribution in [0, 0.1) is 0 Å². The highest BCUT2D eigenvalue weighted by atomic mass is 19.4. The summed E-state index contributed by atoms with van der Waals surface area (Å²) in [6, 6.07) is 12.0. The maximum absolute atomic E-state index is 12.6. The van der Waals surface area contributed by atoms with Crippen molar-refractivity contribution in [2.45, 2.75) is 25.1 Å². The first kappa shape index (κ1) is 20.2. The summed E-state index contributed by atoms with van der Waals surface area (Å²) in [7, 11) is 0. The second-order valence-electron chi connectivity index (χ2n) is 7.45. The number of aromatic nitrogens is 2. The number of likely N-dealkylation sites (tertiary alicyclic amines) is 1. The lowest BCUT2D eigenvalue weighted by Gasteiger charge is -2.32. The van der Waals surface area contributed by atoms with E-state index in [-0.39, 0.29) is 24.2 Å². The molecule has 2 N–H and O–H groups in total. The summed E-state index contributed by atoms with van der Waals surface area (Å²) in [6.45, 7) is 1.45. The van der Waals surface area contributed by atoms with Crippen LogP contribution in [-0.2, 0) is 11.0 Å². The Bertz CT molecular complexity index is 1090. The molecule has 0 saturated carbocycles. The molecule has 2 aromatic carbocycles. The standard InChI is InChI=1S/C21H21F3N4O2/c22-21(23,24)14-5-7-15(8-6-14)25-19(29)13-27-11-9-16(10-12-27)28-18-4-2-1-3-17(18)26-20(28)30/h1-8,16H,9-13H2,(H,25,29)(H,26,30). The fraction of sp³-hybridized carbons (Fsp3) is 0.333. The van der Waals surface area contributed by atoms with E-state index in [2.05, 4.69) is 10.3 Å². The van der Waals surface area contributed by atoms with E-state index in [0.717, 1.165) is 36.0 Å². The zero-order valence-electron chi connectivity index (χ0n) is 16.1. The van der Waals surface area contributed by atoms with E-state index in [9.17, 15) is 22.8 Å². The Kier molecular flexibility index (Phi) is 5.38. The summed E-state index contributed by atoms with van der Waals surface area (Å²) in [5.41, 5.74) is 1.12. The predicted octanol–water partition coefficient (Wildman–Crippen LogP) is 3.62. The van der Waals surface area contributed by atoms with E-state index in [1.54, 1.807) is 4.57 Å². The third-order valence-corrected chi connectivity index (χ3v) is 5.41. The highest BCUT2D eigenvalue weighted by molar-refractivity contribution is 5.92. The van der Waals surface area contributed by atoms with Gasteiger partial charge in [-0.15, -0.1) is 0 Å². The molecular weight excluding hydrogens is 397 g/mol. The number of fused-ring (bicyclic) bond motifs is 1. The van der Waals surface area contributed by atoms with Gasteiger partial charge in [-0.2, -0.15) is 13.2 Å². The largest absolute Gasteiger partial charge is 0.416 e. The Morgan fingerprint density at radius 3 is 2.40 bits per heavy atom. The van der Waals surface area contributed by atoms with Crippen molar-refractivity contribution in [1.29, 1.82) is 0 Å². The van der Waals surface area contributed by atoms with Crippen LogP contribution in [-0.4, -0.2) is 40.0 Å². The number of aromatic amines is 1. The highest BCUT2D eigenvalue weighted by Crippen LogP contribution is 2.30. The zero-order valence-corrected chi connectivity index (χ0v) is 16.1. The second kappa shape index (κ2) is 7.98. The summed E-state index contributed by atoms with van der Waals surface area (Å²) in [4.78, 5) is 29.5. The number of rotatable bonds is 4. The number of benzene rings is 2. The van der Waals surface area contributed by atoms with Crippen molar-refractivity contribution in [3.05, 3.63) is 64.6 Å². The number of imidazole rings is 1. The molecule has 0 aliphatic carbocycles. The number of carbonyl (C=O) groups is 1. The first-order chi connectivity index (χ1) is 14.3. The van der Waals surface area contributed by atoms with Crippen LogP contribution in [0.15, 0.2) is 53.3 Å². The van der Waals surface area contributed by atoms with E-state index in [4.69, 9.17) is 0 Å². The Morgan fingerprint density at radius 2 is 1.73 bits per heavy atom. The van der Waals surface area contributed by atoms with E-state index in [0.29, 0.717) is 18.8 Å². The number of halogens is 3. The normalized spacial score (nSPS) is 16.1. The number of amides is 1. The van der Waals surface area contributed by atoms with E-state index < -0.39 is 11.7 Å². The van der Waals surface area contributed by atoms with Gasteiger partial charge in [-0.3, -0.25) is 14.3 Å². The van der Waals surface area contributed by atoms with Gasteiger partial charge in [0.05, 0.1) is 23.1 Å². The molecule has 158 valence electrons. The zero-order chi connectivity index (χ0) is 21.3. The van der Waals surface area contributed by atoms with Gasteiger partial charge < -0.3 is 10.3 Å². The van der Waals surface area contributed by atoms with Crippen molar-refractivity contribution in [2.75, 3.05) is 25.0 Å². The number of nitrogens with one attached hydrogen (secondary N) is 2. The topological polar surface area (TPSA) is 70.1 Å². The summed E-state index contributed by atoms with van der Waals surface area (Å²) < 4.78 is 39.6. The van der Waals surface area contributed by atoms with Gasteiger partial charge in [0.2, 0.25) is 5.91 Å². The average Bonchev–Trinajstić information content (AvgIpc) is 3.04. The molecule has 2 heterocycles. The highest BCUT2D eigenvalue weighted by Gasteiger charge is 2.30. The Hall–Kier alpha value is -3.07. The van der Waals surface area contributed by atoms with E-state index in [1.165, 1.54) is 12.1 Å². The molecule has 1 saturated heterocycles. The number of para-hydroxylation sites is 2. The number of alkyl halides is 3. The molecule has 0 spiro atoms. The number of nitrogens with zero attached hydrogens (tertiary/aromatic N) is 2. The molecule has 0 bridgehead atoms. The van der Waals surface area contributed by atoms with Crippen molar-refractivity contribution in [3.63, 3.8) is 0 Å². The van der Waals surface area contributed by atoms with Gasteiger partial charge in [-0.25, -0.2) is 4.79 Å². The molecule has 30 heavy (non-hydrogen) atoms. The third-order valence-electron chi connectivity index (χ3n) is 5.41. The molecule has 0 radical (unpaired) electrons. The summed E-state index contributed by atoms with van der Waals surface area (Å²) in [5.74, 6) is -0.280. The molecule has 1 aliphatic heterocycles. The molecule has 1 aliphatic rings. The molecule has 6 nitrogen and oxygen atoms in total. The van der Waals surface area contributed by atoms with Crippen LogP contribution in [0.4, 0.5) is 18.9 Å². The van der Waals surface area contributed by atoms with Crippen molar-refractivity contribution < 1.29 is 18.0 Å². The van der Waals surface area contributed by atoms with Crippen molar-refractivity contribution >= 4 is 22.6 Å². The lowest BCUT2D eigenvalue weighted by Crippen LogP contribution is -2.41. The number of hydrogen-bond acceptors (Lipinski definition) is 3. The molecule has 4 rings (SSSR count). The fourth-order valence-electron chi connectivity index (χ4n) is 3.92. The summed E-state index contributed by atoms with van der Waals surface area (Å²) in [6.07, 6.45) is -2.94. The van der Waals surface area contributed by atoms with Crippen LogP contribution in [0.3, 0.4) is 0 Å². The van der Waals surface area contributed by atoms with Crippen LogP contribution in [0.25, 0.3) is 11.0 Å². The van der Waals surface area contributed by atoms with Gasteiger partial charge >= 0.3 is 11.9 Å². The van der Waals surface area contributed by atoms with Crippen molar-refractivity contribution in [1.82, 2.24) is 14.5 Å². The Balaban J connectivity index is 1.33. The second-order valence-corrected chi connectivity index (χ2v) is 7.45. The van der Waals surface area contributed by atoms with E-state index in [1.807, 2.05) is 29.2 Å². The van der Waals surface area contributed by atoms with Crippen molar-refractivity contribution in [3.8, 4) is 0 Å². The van der Waals surface area contributed by atoms with Gasteiger partial charge in [0, 0.05) is 24.8 Å². The molecule has 0 unspecified atom stereocenters. The molecule has 9 heteroatoms. The number of H-pyrrole nitrogens is 1. The molecule has 0 atom stereocenters. The van der Waals surface area contributed by atoms with Gasteiger partial charge in [-0.1, -0.05) is 12.1 Å². The minimum absolute atomic E-state index is 0.0582. The molecular formula is C21H21F3N4O2. The van der Waals surface area contributed by atoms with Crippen LogP contribution in [0.2, 0.25) is 0 Å². The third kappa shape index (κ3) is 4.25. The van der Waals surface area contributed by atoms with Crippen LogP contribution >= 0.6 is 0 Å². The minimum Gasteiger partial charge on any atom is -0.325 e. The number of hydrogen-bond donors (Lipinski definition) is 2. The number of anilines is 1. The van der Waals surface area contributed by atoms with E-state index >= 15 is 0 Å².